The molecule has 5 nitrogen and oxygen atoms in total. The smallest absolute Gasteiger partial charge is 0.339 e. The maximum Gasteiger partial charge on any atom is 0.339 e. The van der Waals surface area contributed by atoms with Crippen LogP contribution < -0.4 is 4.43 Å². The van der Waals surface area contributed by atoms with E-state index in [9.17, 15) is 18.3 Å². The SMILES string of the molecule is CC(C)(C)[Si](C)(C)Oc1ccc(S(=O)(=O)Cl)cc1C(=O)O. The van der Waals surface area contributed by atoms with Gasteiger partial charge in [-0.25, -0.2) is 13.2 Å². The molecule has 1 rings (SSSR count). The standard InChI is InChI=1S/C13H19ClO5SSi/c1-13(2,3)21(4,5)19-11-7-6-9(20(14,17)18)8-10(11)12(15)16/h6-8H,1-5H3,(H,15,16). The summed E-state index contributed by atoms with van der Waals surface area (Å²) < 4.78 is 28.6. The number of benzene rings is 1. The summed E-state index contributed by atoms with van der Waals surface area (Å²) in [5, 5.41) is 9.14. The summed E-state index contributed by atoms with van der Waals surface area (Å²) in [5.41, 5.74) is -0.207. The van der Waals surface area contributed by atoms with Crippen LogP contribution >= 0.6 is 10.7 Å². The molecule has 0 aliphatic heterocycles. The Morgan fingerprint density at radius 1 is 1.29 bits per heavy atom. The Balaban J connectivity index is 3.36. The second-order valence-corrected chi connectivity index (χ2v) is 13.6. The Morgan fingerprint density at radius 3 is 2.19 bits per heavy atom. The van der Waals surface area contributed by atoms with Crippen LogP contribution in [0.25, 0.3) is 0 Å². The highest BCUT2D eigenvalue weighted by Gasteiger charge is 2.39. The van der Waals surface area contributed by atoms with Crippen molar-refractivity contribution in [3.63, 3.8) is 0 Å². The molecular formula is C13H19ClO5SSi. The van der Waals surface area contributed by atoms with E-state index in [1.54, 1.807) is 0 Å². The minimum atomic E-state index is -3.98. The fourth-order valence-electron chi connectivity index (χ4n) is 1.34. The normalized spacial score (nSPS) is 13.0. The summed E-state index contributed by atoms with van der Waals surface area (Å²) in [4.78, 5) is 11.1. The third-order valence-electron chi connectivity index (χ3n) is 3.63. The monoisotopic (exact) mass is 350 g/mol. The summed E-state index contributed by atoms with van der Waals surface area (Å²) in [6, 6.07) is 3.61. The zero-order valence-electron chi connectivity index (χ0n) is 12.6. The highest BCUT2D eigenvalue weighted by atomic mass is 35.7. The molecule has 0 spiro atoms. The van der Waals surface area contributed by atoms with E-state index in [0.29, 0.717) is 0 Å². The van der Waals surface area contributed by atoms with Crippen LogP contribution in [0, 0.1) is 0 Å². The molecule has 0 unspecified atom stereocenters. The molecule has 0 saturated heterocycles. The van der Waals surface area contributed by atoms with E-state index < -0.39 is 23.3 Å². The Labute approximate surface area is 130 Å². The summed E-state index contributed by atoms with van der Waals surface area (Å²) in [6.45, 7) is 10.0. The van der Waals surface area contributed by atoms with Gasteiger partial charge in [-0.15, -0.1) is 0 Å². The van der Waals surface area contributed by atoms with E-state index in [-0.39, 0.29) is 21.2 Å². The van der Waals surface area contributed by atoms with Gasteiger partial charge >= 0.3 is 5.97 Å². The van der Waals surface area contributed by atoms with Crippen molar-refractivity contribution in [3.05, 3.63) is 23.8 Å². The van der Waals surface area contributed by atoms with Gasteiger partial charge in [-0.1, -0.05) is 20.8 Å². The molecule has 0 aliphatic carbocycles. The second-order valence-electron chi connectivity index (χ2n) is 6.26. The van der Waals surface area contributed by atoms with Crippen LogP contribution in [0.2, 0.25) is 18.1 Å². The van der Waals surface area contributed by atoms with Gasteiger partial charge in [0.1, 0.15) is 11.3 Å². The molecule has 118 valence electrons. The van der Waals surface area contributed by atoms with E-state index >= 15 is 0 Å². The van der Waals surface area contributed by atoms with Gasteiger partial charge in [0, 0.05) is 10.7 Å². The van der Waals surface area contributed by atoms with Gasteiger partial charge in [-0.2, -0.15) is 0 Å². The molecule has 1 aromatic carbocycles. The number of carboxylic acids is 1. The van der Waals surface area contributed by atoms with E-state index in [1.165, 1.54) is 12.1 Å². The molecule has 0 aromatic heterocycles. The Hall–Kier alpha value is -1.05. The van der Waals surface area contributed by atoms with Crippen LogP contribution in [-0.4, -0.2) is 27.8 Å². The molecule has 0 bridgehead atoms. The third-order valence-corrected chi connectivity index (χ3v) is 9.33. The number of halogens is 1. The summed E-state index contributed by atoms with van der Waals surface area (Å²) >= 11 is 0. The van der Waals surface area contributed by atoms with Crippen LogP contribution in [0.15, 0.2) is 23.1 Å². The average Bonchev–Trinajstić information content (AvgIpc) is 2.25. The molecule has 0 fully saturated rings. The average molecular weight is 351 g/mol. The first-order chi connectivity index (χ1) is 9.25. The highest BCUT2D eigenvalue weighted by Crippen LogP contribution is 2.38. The van der Waals surface area contributed by atoms with Crippen LogP contribution in [0.3, 0.4) is 0 Å². The van der Waals surface area contributed by atoms with Crippen molar-refractivity contribution in [2.45, 2.75) is 43.8 Å². The fraction of sp³-hybridized carbons (Fsp3) is 0.462. The predicted octanol–water partition coefficient (Wildman–Crippen LogP) is 3.70. The van der Waals surface area contributed by atoms with Crippen LogP contribution in [-0.2, 0) is 9.05 Å². The van der Waals surface area contributed by atoms with Gasteiger partial charge < -0.3 is 9.53 Å². The minimum absolute atomic E-state index is 0.111. The maximum absolute atomic E-state index is 11.3. The van der Waals surface area contributed by atoms with Gasteiger partial charge in [-0.05, 0) is 36.3 Å². The number of aromatic carboxylic acids is 1. The predicted molar refractivity (Wildman–Crippen MR) is 84.3 cm³/mol. The zero-order valence-corrected chi connectivity index (χ0v) is 15.2. The number of carboxylic acid groups (broad SMARTS) is 1. The van der Waals surface area contributed by atoms with Crippen LogP contribution in [0.4, 0.5) is 0 Å². The van der Waals surface area contributed by atoms with Crippen molar-refractivity contribution >= 4 is 34.0 Å². The molecular weight excluding hydrogens is 332 g/mol. The maximum atomic E-state index is 11.3. The molecule has 1 N–H and O–H groups in total. The van der Waals surface area contributed by atoms with Crippen LogP contribution in [0.5, 0.6) is 5.75 Å². The number of rotatable bonds is 4. The number of hydrogen-bond acceptors (Lipinski definition) is 4. The van der Waals surface area contributed by atoms with Gasteiger partial charge in [-0.3, -0.25) is 0 Å². The van der Waals surface area contributed by atoms with Crippen LogP contribution in [0.1, 0.15) is 31.1 Å². The summed E-state index contributed by atoms with van der Waals surface area (Å²) in [6.07, 6.45) is 0. The van der Waals surface area contributed by atoms with Gasteiger partial charge in [0.2, 0.25) is 0 Å². The fourth-order valence-corrected chi connectivity index (χ4v) is 3.16. The molecule has 0 aliphatic rings. The van der Waals surface area contributed by atoms with Crippen molar-refractivity contribution in [2.75, 3.05) is 0 Å². The molecule has 8 heteroatoms. The molecule has 1 aromatic rings. The topological polar surface area (TPSA) is 80.7 Å². The van der Waals surface area contributed by atoms with E-state index in [1.807, 2.05) is 33.9 Å². The van der Waals surface area contributed by atoms with Crippen molar-refractivity contribution in [3.8, 4) is 5.75 Å². The lowest BCUT2D eigenvalue weighted by Gasteiger charge is -2.36. The number of hydrogen-bond donors (Lipinski definition) is 1. The first kappa shape index (κ1) is 18.0. The first-order valence-electron chi connectivity index (χ1n) is 6.27. The Morgan fingerprint density at radius 2 is 1.81 bits per heavy atom. The van der Waals surface area contributed by atoms with Crippen molar-refractivity contribution in [1.29, 1.82) is 0 Å². The third kappa shape index (κ3) is 4.21. The molecule has 21 heavy (non-hydrogen) atoms. The van der Waals surface area contributed by atoms with Crippen molar-refractivity contribution in [1.82, 2.24) is 0 Å². The lowest BCUT2D eigenvalue weighted by atomic mass is 10.2. The largest absolute Gasteiger partial charge is 0.543 e. The van der Waals surface area contributed by atoms with E-state index in [4.69, 9.17) is 15.1 Å². The van der Waals surface area contributed by atoms with E-state index in [0.717, 1.165) is 6.07 Å². The summed E-state index contributed by atoms with van der Waals surface area (Å²) in [7, 11) is -0.975. The minimum Gasteiger partial charge on any atom is -0.543 e. The Kier molecular flexibility index (Phi) is 4.82. The van der Waals surface area contributed by atoms with Gasteiger partial charge in [0.05, 0.1) is 4.90 Å². The molecule has 0 heterocycles. The second kappa shape index (κ2) is 5.62. The lowest BCUT2D eigenvalue weighted by molar-refractivity contribution is 0.0694. The van der Waals surface area contributed by atoms with Gasteiger partial charge in [0.15, 0.2) is 0 Å². The molecule has 0 radical (unpaired) electrons. The number of carbonyl (C=O) groups is 1. The summed E-state index contributed by atoms with van der Waals surface area (Å²) in [5.74, 6) is -1.09. The lowest BCUT2D eigenvalue weighted by Crippen LogP contribution is -2.44. The Bertz CT molecular complexity index is 662. The first-order valence-corrected chi connectivity index (χ1v) is 11.5. The molecule has 0 atom stereocenters. The molecule has 0 amide bonds. The van der Waals surface area contributed by atoms with Crippen molar-refractivity contribution in [2.24, 2.45) is 0 Å². The molecule has 0 saturated carbocycles. The van der Waals surface area contributed by atoms with Crippen molar-refractivity contribution < 1.29 is 22.7 Å². The highest BCUT2D eigenvalue weighted by molar-refractivity contribution is 8.13. The van der Waals surface area contributed by atoms with E-state index in [2.05, 4.69) is 0 Å². The zero-order chi connectivity index (χ0) is 16.6. The quantitative estimate of drug-likeness (QED) is 0.661. The van der Waals surface area contributed by atoms with Gasteiger partial charge in [0.25, 0.3) is 17.4 Å².